The Morgan fingerprint density at radius 2 is 1.69 bits per heavy atom. The smallest absolute Gasteiger partial charge is 0.289 e. The summed E-state index contributed by atoms with van der Waals surface area (Å²) in [5, 5.41) is 5.01. The van der Waals surface area contributed by atoms with Gasteiger partial charge in [0.2, 0.25) is 10.0 Å². The Labute approximate surface area is 170 Å². The lowest BCUT2D eigenvalue weighted by atomic mass is 9.92. The fourth-order valence-electron chi connectivity index (χ4n) is 2.92. The fourth-order valence-corrected chi connectivity index (χ4v) is 3.99. The fraction of sp³-hybridized carbons (Fsp3) is 0.150. The summed E-state index contributed by atoms with van der Waals surface area (Å²) in [5.41, 5.74) is 1.67. The van der Waals surface area contributed by atoms with Crippen molar-refractivity contribution in [2.75, 3.05) is 0 Å². The number of sulfonamides is 1. The molecular formula is C20H15ClF3NO3S. The summed E-state index contributed by atoms with van der Waals surface area (Å²) >= 11 is 5.82. The highest BCUT2D eigenvalue weighted by atomic mass is 35.5. The van der Waals surface area contributed by atoms with E-state index in [2.05, 4.69) is 0 Å². The van der Waals surface area contributed by atoms with Gasteiger partial charge in [-0.1, -0.05) is 54.1 Å². The number of ketones is 1. The lowest BCUT2D eigenvalue weighted by Gasteiger charge is -2.19. The number of carbonyl (C=O) groups excluding carboxylic acids is 1. The second-order valence-electron chi connectivity index (χ2n) is 6.50. The molecule has 0 radical (unpaired) electrons. The third-order valence-electron chi connectivity index (χ3n) is 4.50. The Hall–Kier alpha value is -2.42. The Bertz CT molecular complexity index is 1120. The number of halogens is 4. The molecule has 0 aliphatic heterocycles. The van der Waals surface area contributed by atoms with Gasteiger partial charge in [-0.2, -0.15) is 13.2 Å². The van der Waals surface area contributed by atoms with E-state index in [1.165, 1.54) is 36.4 Å². The first-order chi connectivity index (χ1) is 13.5. The zero-order chi connectivity index (χ0) is 21.4. The summed E-state index contributed by atoms with van der Waals surface area (Å²) in [7, 11) is -4.09. The second-order valence-corrected chi connectivity index (χ2v) is 8.44. The molecule has 0 aromatic heterocycles. The molecule has 0 saturated carbocycles. The predicted molar refractivity (Wildman–Crippen MR) is 104 cm³/mol. The van der Waals surface area contributed by atoms with Crippen molar-refractivity contribution in [2.24, 2.45) is 11.1 Å². The molecule has 1 atom stereocenters. The van der Waals surface area contributed by atoms with Crippen molar-refractivity contribution in [1.82, 2.24) is 0 Å². The van der Waals surface area contributed by atoms with Gasteiger partial charge < -0.3 is 0 Å². The number of benzene rings is 2. The van der Waals surface area contributed by atoms with Crippen LogP contribution in [0.4, 0.5) is 13.2 Å². The second kappa shape index (κ2) is 7.78. The highest BCUT2D eigenvalue weighted by molar-refractivity contribution is 7.89. The first-order valence-corrected chi connectivity index (χ1v) is 10.3. The third-order valence-corrected chi connectivity index (χ3v) is 5.89. The number of alkyl halides is 3. The van der Waals surface area contributed by atoms with Crippen LogP contribution in [-0.4, -0.2) is 20.4 Å². The van der Waals surface area contributed by atoms with E-state index in [0.717, 1.165) is 12.1 Å². The number of carbonyl (C=O) groups is 1. The molecule has 1 unspecified atom stereocenters. The van der Waals surface area contributed by atoms with Gasteiger partial charge in [-0.05, 0) is 35.8 Å². The molecule has 9 heteroatoms. The van der Waals surface area contributed by atoms with Gasteiger partial charge in [-0.15, -0.1) is 0 Å². The molecule has 2 aromatic carbocycles. The van der Waals surface area contributed by atoms with E-state index in [-0.39, 0.29) is 27.5 Å². The molecule has 0 fully saturated rings. The van der Waals surface area contributed by atoms with E-state index in [9.17, 15) is 26.4 Å². The molecule has 3 rings (SSSR count). The topological polar surface area (TPSA) is 77.2 Å². The summed E-state index contributed by atoms with van der Waals surface area (Å²) in [6.45, 7) is 0. The number of nitrogens with two attached hydrogens (primary N) is 1. The van der Waals surface area contributed by atoms with E-state index < -0.39 is 27.9 Å². The van der Waals surface area contributed by atoms with E-state index in [1.807, 2.05) is 0 Å². The summed E-state index contributed by atoms with van der Waals surface area (Å²) in [6.07, 6.45) is -0.375. The van der Waals surface area contributed by atoms with Crippen LogP contribution in [0, 0.1) is 5.92 Å². The standard InChI is InChI=1S/C20H15ClF3NO3S/c21-17-10-7-15(11-18(17)29(25,27)28)19(26)14-3-1-12(2-4-14)13-5-8-16(9-6-13)20(22,23)24/h1-8,10-11,16H,9H2,(H2,25,27,28). The predicted octanol–water partition coefficient (Wildman–Crippen LogP) is 4.74. The normalized spacial score (nSPS) is 17.1. The minimum Gasteiger partial charge on any atom is -0.289 e. The van der Waals surface area contributed by atoms with Gasteiger partial charge in [-0.3, -0.25) is 4.79 Å². The SMILES string of the molecule is NS(=O)(=O)c1cc(C(=O)c2ccc(C3=CCC(C(F)(F)F)C=C3)cc2)ccc1Cl. The van der Waals surface area contributed by atoms with Gasteiger partial charge in [0.15, 0.2) is 5.78 Å². The molecular weight excluding hydrogens is 427 g/mol. The minimum atomic E-state index is -4.27. The van der Waals surface area contributed by atoms with Crippen molar-refractivity contribution in [1.29, 1.82) is 0 Å². The average molecular weight is 442 g/mol. The van der Waals surface area contributed by atoms with Crippen molar-refractivity contribution < 1.29 is 26.4 Å². The average Bonchev–Trinajstić information content (AvgIpc) is 2.66. The summed E-state index contributed by atoms with van der Waals surface area (Å²) in [4.78, 5) is 12.3. The number of rotatable bonds is 4. The van der Waals surface area contributed by atoms with Gasteiger partial charge in [0.05, 0.1) is 10.9 Å². The molecule has 0 bridgehead atoms. The van der Waals surface area contributed by atoms with Crippen molar-refractivity contribution >= 4 is 33.0 Å². The van der Waals surface area contributed by atoms with Crippen LogP contribution in [0.2, 0.25) is 5.02 Å². The van der Waals surface area contributed by atoms with Gasteiger partial charge in [0.1, 0.15) is 4.90 Å². The lowest BCUT2D eigenvalue weighted by Crippen LogP contribution is -2.21. The van der Waals surface area contributed by atoms with Crippen molar-refractivity contribution in [3.63, 3.8) is 0 Å². The Morgan fingerprint density at radius 3 is 2.21 bits per heavy atom. The first-order valence-electron chi connectivity index (χ1n) is 8.39. The summed E-state index contributed by atoms with van der Waals surface area (Å²) in [6, 6.07) is 10.1. The number of hydrogen-bond acceptors (Lipinski definition) is 3. The van der Waals surface area contributed by atoms with Crippen molar-refractivity contribution in [3.05, 3.63) is 82.4 Å². The highest BCUT2D eigenvalue weighted by Crippen LogP contribution is 2.35. The van der Waals surface area contributed by atoms with Crippen LogP contribution < -0.4 is 5.14 Å². The highest BCUT2D eigenvalue weighted by Gasteiger charge is 2.37. The molecule has 1 aliphatic rings. The summed E-state index contributed by atoms with van der Waals surface area (Å²) in [5.74, 6) is -1.94. The quantitative estimate of drug-likeness (QED) is 0.696. The monoisotopic (exact) mass is 441 g/mol. The minimum absolute atomic E-state index is 0.0902. The molecule has 0 amide bonds. The van der Waals surface area contributed by atoms with E-state index in [0.29, 0.717) is 11.1 Å². The number of primary sulfonamides is 1. The maximum atomic E-state index is 12.7. The number of allylic oxidation sites excluding steroid dienone is 4. The Balaban J connectivity index is 1.82. The molecule has 1 aliphatic carbocycles. The van der Waals surface area contributed by atoms with E-state index >= 15 is 0 Å². The molecule has 152 valence electrons. The van der Waals surface area contributed by atoms with Crippen LogP contribution in [0.15, 0.2) is 65.6 Å². The Morgan fingerprint density at radius 1 is 1.07 bits per heavy atom. The Kier molecular flexibility index (Phi) is 5.71. The van der Waals surface area contributed by atoms with Gasteiger partial charge in [-0.25, -0.2) is 13.6 Å². The van der Waals surface area contributed by atoms with Gasteiger partial charge in [0.25, 0.3) is 0 Å². The maximum Gasteiger partial charge on any atom is 0.395 e. The van der Waals surface area contributed by atoms with Gasteiger partial charge >= 0.3 is 6.18 Å². The lowest BCUT2D eigenvalue weighted by molar-refractivity contribution is -0.160. The molecule has 2 aromatic rings. The van der Waals surface area contributed by atoms with Gasteiger partial charge in [0, 0.05) is 11.1 Å². The largest absolute Gasteiger partial charge is 0.395 e. The number of hydrogen-bond donors (Lipinski definition) is 1. The molecule has 2 N–H and O–H groups in total. The third kappa shape index (κ3) is 4.77. The molecule has 29 heavy (non-hydrogen) atoms. The summed E-state index contributed by atoms with van der Waals surface area (Å²) < 4.78 is 61.3. The van der Waals surface area contributed by atoms with E-state index in [1.54, 1.807) is 12.1 Å². The zero-order valence-corrected chi connectivity index (χ0v) is 16.4. The van der Waals surface area contributed by atoms with Crippen LogP contribution in [0.3, 0.4) is 0 Å². The van der Waals surface area contributed by atoms with E-state index in [4.69, 9.17) is 16.7 Å². The first kappa shape index (κ1) is 21.3. The molecule has 0 saturated heterocycles. The van der Waals surface area contributed by atoms with Crippen LogP contribution in [0.25, 0.3) is 5.57 Å². The zero-order valence-electron chi connectivity index (χ0n) is 14.8. The molecule has 0 heterocycles. The van der Waals surface area contributed by atoms with Crippen LogP contribution in [0.5, 0.6) is 0 Å². The van der Waals surface area contributed by atoms with Crippen molar-refractivity contribution in [2.45, 2.75) is 17.5 Å². The van der Waals surface area contributed by atoms with Crippen LogP contribution >= 0.6 is 11.6 Å². The molecule has 4 nitrogen and oxygen atoms in total. The van der Waals surface area contributed by atoms with Crippen LogP contribution in [-0.2, 0) is 10.0 Å². The molecule has 0 spiro atoms. The van der Waals surface area contributed by atoms with Crippen molar-refractivity contribution in [3.8, 4) is 0 Å². The maximum absolute atomic E-state index is 12.7. The van der Waals surface area contributed by atoms with Crippen LogP contribution in [0.1, 0.15) is 27.9 Å².